The molecule has 21 heavy (non-hydrogen) atoms. The Labute approximate surface area is 122 Å². The summed E-state index contributed by atoms with van der Waals surface area (Å²) in [6.07, 6.45) is 0. The fourth-order valence-corrected chi connectivity index (χ4v) is 1.94. The van der Waals surface area contributed by atoms with Crippen LogP contribution in [0.15, 0.2) is 35.1 Å². The zero-order valence-corrected chi connectivity index (χ0v) is 12.3. The molecule has 0 atom stereocenters. The van der Waals surface area contributed by atoms with Crippen LogP contribution in [0.4, 0.5) is 0 Å². The predicted molar refractivity (Wildman–Crippen MR) is 78.9 cm³/mol. The van der Waals surface area contributed by atoms with Gasteiger partial charge in [0.15, 0.2) is 11.5 Å². The number of aromatic nitrogens is 2. The molecule has 0 saturated carbocycles. The van der Waals surface area contributed by atoms with Crippen molar-refractivity contribution in [1.82, 2.24) is 9.78 Å². The van der Waals surface area contributed by atoms with Gasteiger partial charge in [0.1, 0.15) is 0 Å². The van der Waals surface area contributed by atoms with Gasteiger partial charge in [-0.25, -0.2) is 4.68 Å². The first-order chi connectivity index (χ1) is 10.2. The summed E-state index contributed by atoms with van der Waals surface area (Å²) in [6, 6.07) is 8.68. The van der Waals surface area contributed by atoms with Crippen molar-refractivity contribution in [3.05, 3.63) is 40.7 Å². The summed E-state index contributed by atoms with van der Waals surface area (Å²) in [5, 5.41) is 4.34. The van der Waals surface area contributed by atoms with Crippen molar-refractivity contribution in [2.24, 2.45) is 0 Å². The molecular weight excluding hydrogens is 272 g/mol. The summed E-state index contributed by atoms with van der Waals surface area (Å²) >= 11 is 0. The predicted octanol–water partition coefficient (Wildman–Crippen LogP) is 1.57. The Bertz CT molecular complexity index is 667. The fourth-order valence-electron chi connectivity index (χ4n) is 1.94. The van der Waals surface area contributed by atoms with Crippen LogP contribution in [-0.4, -0.2) is 37.7 Å². The van der Waals surface area contributed by atoms with Gasteiger partial charge in [0.25, 0.3) is 5.56 Å². The third-order valence-corrected chi connectivity index (χ3v) is 3.05. The molecule has 1 aromatic heterocycles. The lowest BCUT2D eigenvalue weighted by atomic mass is 10.1. The van der Waals surface area contributed by atoms with E-state index in [4.69, 9.17) is 14.2 Å². The second-order valence-electron chi connectivity index (χ2n) is 4.34. The molecule has 0 aliphatic rings. The normalized spacial score (nSPS) is 10.4. The molecule has 2 aromatic rings. The Morgan fingerprint density at radius 3 is 2.48 bits per heavy atom. The molecule has 1 heterocycles. The largest absolute Gasteiger partial charge is 0.493 e. The Morgan fingerprint density at radius 1 is 1.05 bits per heavy atom. The standard InChI is InChI=1S/C15H18N2O4/c1-19-9-8-17-15(18)7-5-12(16-17)11-4-6-13(20-2)14(10-11)21-3/h4-7,10H,8-9H2,1-3H3. The summed E-state index contributed by atoms with van der Waals surface area (Å²) in [5.74, 6) is 1.26. The lowest BCUT2D eigenvalue weighted by Gasteiger charge is -2.10. The number of ether oxygens (including phenoxy) is 3. The molecule has 0 spiro atoms. The Kier molecular flexibility index (Phi) is 4.94. The van der Waals surface area contributed by atoms with Crippen molar-refractivity contribution in [3.63, 3.8) is 0 Å². The molecule has 0 aliphatic carbocycles. The zero-order valence-electron chi connectivity index (χ0n) is 12.3. The average Bonchev–Trinajstić information content (AvgIpc) is 2.53. The van der Waals surface area contributed by atoms with E-state index in [-0.39, 0.29) is 5.56 Å². The van der Waals surface area contributed by atoms with Gasteiger partial charge in [-0.1, -0.05) is 0 Å². The lowest BCUT2D eigenvalue weighted by molar-refractivity contribution is 0.182. The van der Waals surface area contributed by atoms with E-state index in [2.05, 4.69) is 5.10 Å². The number of rotatable bonds is 6. The Morgan fingerprint density at radius 2 is 1.81 bits per heavy atom. The number of benzene rings is 1. The van der Waals surface area contributed by atoms with E-state index >= 15 is 0 Å². The summed E-state index contributed by atoms with van der Waals surface area (Å²) in [7, 11) is 4.75. The van der Waals surface area contributed by atoms with Gasteiger partial charge < -0.3 is 14.2 Å². The number of hydrogen-bond acceptors (Lipinski definition) is 5. The van der Waals surface area contributed by atoms with Crippen LogP contribution in [0.25, 0.3) is 11.3 Å². The van der Waals surface area contributed by atoms with E-state index in [1.54, 1.807) is 33.5 Å². The van der Waals surface area contributed by atoms with Gasteiger partial charge in [-0.3, -0.25) is 4.79 Å². The van der Waals surface area contributed by atoms with Crippen LogP contribution in [-0.2, 0) is 11.3 Å². The van der Waals surface area contributed by atoms with Crippen LogP contribution in [0.3, 0.4) is 0 Å². The highest BCUT2D eigenvalue weighted by Gasteiger charge is 2.08. The van der Waals surface area contributed by atoms with Crippen molar-refractivity contribution in [1.29, 1.82) is 0 Å². The molecule has 0 bridgehead atoms. The van der Waals surface area contributed by atoms with Crippen LogP contribution in [0.5, 0.6) is 11.5 Å². The molecule has 6 nitrogen and oxygen atoms in total. The van der Waals surface area contributed by atoms with Crippen molar-refractivity contribution in [3.8, 4) is 22.8 Å². The molecule has 112 valence electrons. The molecule has 2 rings (SSSR count). The van der Waals surface area contributed by atoms with Crippen molar-refractivity contribution >= 4 is 0 Å². The molecular formula is C15H18N2O4. The molecule has 0 radical (unpaired) electrons. The molecule has 0 fully saturated rings. The molecule has 6 heteroatoms. The first-order valence-electron chi connectivity index (χ1n) is 6.49. The molecule has 0 saturated heterocycles. The molecule has 0 unspecified atom stereocenters. The van der Waals surface area contributed by atoms with Gasteiger partial charge in [-0.2, -0.15) is 5.10 Å². The van der Waals surface area contributed by atoms with E-state index in [0.717, 1.165) is 5.56 Å². The van der Waals surface area contributed by atoms with Gasteiger partial charge in [-0.05, 0) is 24.3 Å². The molecule has 0 N–H and O–H groups in total. The zero-order chi connectivity index (χ0) is 15.2. The molecule has 0 amide bonds. The van der Waals surface area contributed by atoms with Crippen molar-refractivity contribution < 1.29 is 14.2 Å². The van der Waals surface area contributed by atoms with Crippen LogP contribution < -0.4 is 15.0 Å². The summed E-state index contributed by atoms with van der Waals surface area (Å²) in [6.45, 7) is 0.846. The van der Waals surface area contributed by atoms with E-state index in [1.165, 1.54) is 10.7 Å². The smallest absolute Gasteiger partial charge is 0.266 e. The maximum Gasteiger partial charge on any atom is 0.266 e. The second-order valence-corrected chi connectivity index (χ2v) is 4.34. The summed E-state index contributed by atoms with van der Waals surface area (Å²) < 4.78 is 16.8. The fraction of sp³-hybridized carbons (Fsp3) is 0.333. The Hall–Kier alpha value is -2.34. The number of nitrogens with zero attached hydrogens (tertiary/aromatic N) is 2. The lowest BCUT2D eigenvalue weighted by Crippen LogP contribution is -2.24. The topological polar surface area (TPSA) is 62.6 Å². The average molecular weight is 290 g/mol. The first kappa shape index (κ1) is 15.1. The molecule has 0 aliphatic heterocycles. The quantitative estimate of drug-likeness (QED) is 0.808. The first-order valence-corrected chi connectivity index (χ1v) is 6.49. The highest BCUT2D eigenvalue weighted by atomic mass is 16.5. The number of hydrogen-bond donors (Lipinski definition) is 0. The van der Waals surface area contributed by atoms with Crippen LogP contribution in [0, 0.1) is 0 Å². The van der Waals surface area contributed by atoms with E-state index < -0.39 is 0 Å². The van der Waals surface area contributed by atoms with Crippen LogP contribution in [0.1, 0.15) is 0 Å². The minimum Gasteiger partial charge on any atom is -0.493 e. The maximum absolute atomic E-state index is 11.7. The second kappa shape index (κ2) is 6.90. The Balaban J connectivity index is 2.39. The van der Waals surface area contributed by atoms with Crippen molar-refractivity contribution in [2.75, 3.05) is 27.9 Å². The highest BCUT2D eigenvalue weighted by Crippen LogP contribution is 2.31. The number of methoxy groups -OCH3 is 3. The third kappa shape index (κ3) is 3.41. The monoisotopic (exact) mass is 290 g/mol. The van der Waals surface area contributed by atoms with E-state index in [1.807, 2.05) is 12.1 Å². The van der Waals surface area contributed by atoms with E-state index in [0.29, 0.717) is 30.3 Å². The minimum atomic E-state index is -0.156. The van der Waals surface area contributed by atoms with E-state index in [9.17, 15) is 4.79 Å². The van der Waals surface area contributed by atoms with Gasteiger partial charge in [0.2, 0.25) is 0 Å². The summed E-state index contributed by atoms with van der Waals surface area (Å²) in [4.78, 5) is 11.7. The molecule has 1 aromatic carbocycles. The summed E-state index contributed by atoms with van der Waals surface area (Å²) in [5.41, 5.74) is 1.38. The van der Waals surface area contributed by atoms with Gasteiger partial charge >= 0.3 is 0 Å². The van der Waals surface area contributed by atoms with Crippen LogP contribution >= 0.6 is 0 Å². The van der Waals surface area contributed by atoms with Gasteiger partial charge in [-0.15, -0.1) is 0 Å². The van der Waals surface area contributed by atoms with Crippen LogP contribution in [0.2, 0.25) is 0 Å². The van der Waals surface area contributed by atoms with Gasteiger partial charge in [0.05, 0.1) is 33.1 Å². The highest BCUT2D eigenvalue weighted by molar-refractivity contribution is 5.63. The van der Waals surface area contributed by atoms with Gasteiger partial charge in [0, 0.05) is 18.7 Å². The SMILES string of the molecule is COCCn1nc(-c2ccc(OC)c(OC)c2)ccc1=O. The minimum absolute atomic E-state index is 0.156. The van der Waals surface area contributed by atoms with Crippen molar-refractivity contribution in [2.45, 2.75) is 6.54 Å². The third-order valence-electron chi connectivity index (χ3n) is 3.05. The maximum atomic E-state index is 11.7.